The van der Waals surface area contributed by atoms with Gasteiger partial charge < -0.3 is 20.1 Å². The summed E-state index contributed by atoms with van der Waals surface area (Å²) in [7, 11) is 0. The maximum atomic E-state index is 11.4. The number of nitrogens with zero attached hydrogens (tertiary/aromatic N) is 6. The van der Waals surface area contributed by atoms with Gasteiger partial charge in [0.05, 0.1) is 0 Å². The molecular formula is C22H28N8O2. The van der Waals surface area contributed by atoms with Crippen molar-refractivity contribution in [3.8, 4) is 0 Å². The Kier molecular flexibility index (Phi) is 6.58. The van der Waals surface area contributed by atoms with Crippen LogP contribution in [0.5, 0.6) is 0 Å². The molecule has 1 saturated heterocycles. The first-order valence-corrected chi connectivity index (χ1v) is 10.9. The Hall–Kier alpha value is -3.56. The van der Waals surface area contributed by atoms with Crippen molar-refractivity contribution in [1.29, 1.82) is 0 Å². The van der Waals surface area contributed by atoms with Gasteiger partial charge in [-0.15, -0.1) is 0 Å². The van der Waals surface area contributed by atoms with E-state index in [4.69, 9.17) is 4.52 Å². The molecule has 0 unspecified atom stereocenters. The third kappa shape index (κ3) is 5.01. The minimum absolute atomic E-state index is 0.113. The second-order valence-electron chi connectivity index (χ2n) is 7.95. The van der Waals surface area contributed by atoms with E-state index in [9.17, 15) is 4.79 Å². The van der Waals surface area contributed by atoms with Crippen LogP contribution >= 0.6 is 0 Å². The third-order valence-corrected chi connectivity index (χ3v) is 5.53. The van der Waals surface area contributed by atoms with Crippen LogP contribution < -0.4 is 15.5 Å². The molecule has 0 bridgehead atoms. The summed E-state index contributed by atoms with van der Waals surface area (Å²) in [6, 6.07) is 5.66. The minimum Gasteiger partial charge on any atom is -0.341 e. The maximum absolute atomic E-state index is 11.4. The topological polar surface area (TPSA) is 122 Å². The molecule has 2 aromatic heterocycles. The van der Waals surface area contributed by atoms with Crippen LogP contribution in [0.4, 0.5) is 23.3 Å². The Morgan fingerprint density at radius 2 is 1.97 bits per heavy atom. The number of aromatic nitrogens is 5. The highest BCUT2D eigenvalue weighted by molar-refractivity contribution is 5.90. The average Bonchev–Trinajstić information content (AvgIpc) is 3.26. The lowest BCUT2D eigenvalue weighted by molar-refractivity contribution is -0.114. The number of rotatable bonds is 7. The summed E-state index contributed by atoms with van der Waals surface area (Å²) in [6.45, 7) is 7.13. The number of benzene rings is 1. The Balaban J connectivity index is 1.41. The van der Waals surface area contributed by atoms with Crippen molar-refractivity contribution in [3.05, 3.63) is 41.8 Å². The molecule has 0 aliphatic carbocycles. The highest BCUT2D eigenvalue weighted by Crippen LogP contribution is 2.29. The van der Waals surface area contributed by atoms with Crippen LogP contribution in [0.3, 0.4) is 0 Å². The molecule has 3 heterocycles. The van der Waals surface area contributed by atoms with Crippen molar-refractivity contribution >= 4 is 29.2 Å². The summed E-state index contributed by atoms with van der Waals surface area (Å²) in [6.07, 6.45) is 5.17. The van der Waals surface area contributed by atoms with Gasteiger partial charge in [0.1, 0.15) is 6.33 Å². The Morgan fingerprint density at radius 1 is 1.19 bits per heavy atom. The zero-order valence-electron chi connectivity index (χ0n) is 18.6. The van der Waals surface area contributed by atoms with E-state index in [1.165, 1.54) is 13.3 Å². The zero-order chi connectivity index (χ0) is 22.5. The maximum Gasteiger partial charge on any atom is 0.232 e. The largest absolute Gasteiger partial charge is 0.341 e. The molecule has 0 saturated carbocycles. The third-order valence-electron chi connectivity index (χ3n) is 5.53. The van der Waals surface area contributed by atoms with E-state index < -0.39 is 0 Å². The molecular weight excluding hydrogens is 408 g/mol. The molecule has 1 aliphatic rings. The van der Waals surface area contributed by atoms with Crippen molar-refractivity contribution < 1.29 is 9.32 Å². The zero-order valence-corrected chi connectivity index (χ0v) is 18.6. The van der Waals surface area contributed by atoms with Crippen molar-refractivity contribution in [2.75, 3.05) is 28.6 Å². The molecule has 3 aromatic rings. The molecule has 1 aliphatic heterocycles. The first kappa shape index (κ1) is 21.7. The molecule has 168 valence electrons. The number of carbonyl (C=O) groups is 1. The fraction of sp³-hybridized carbons (Fsp3) is 0.455. The predicted octanol–water partition coefficient (Wildman–Crippen LogP) is 3.60. The monoisotopic (exact) mass is 436 g/mol. The van der Waals surface area contributed by atoms with Gasteiger partial charge in [-0.3, -0.25) is 4.79 Å². The van der Waals surface area contributed by atoms with Gasteiger partial charge in [-0.25, -0.2) is 9.97 Å². The van der Waals surface area contributed by atoms with Gasteiger partial charge in [0.2, 0.25) is 23.7 Å². The van der Waals surface area contributed by atoms with E-state index in [1.54, 1.807) is 0 Å². The summed E-state index contributed by atoms with van der Waals surface area (Å²) in [4.78, 5) is 31.3. The van der Waals surface area contributed by atoms with Gasteiger partial charge in [0.25, 0.3) is 0 Å². The molecule has 0 radical (unpaired) electrons. The molecule has 0 spiro atoms. The highest BCUT2D eigenvalue weighted by atomic mass is 16.5. The highest BCUT2D eigenvalue weighted by Gasteiger charge is 2.26. The SMILES string of the molecule is CCCc1noc(C2CCN(c3ncnc(Nc4cccc(NC(C)=O)c4C)n3)CC2)n1. The van der Waals surface area contributed by atoms with Crippen molar-refractivity contribution in [3.63, 3.8) is 0 Å². The number of nitrogens with one attached hydrogen (secondary N) is 2. The molecule has 32 heavy (non-hydrogen) atoms. The number of hydrogen-bond acceptors (Lipinski definition) is 9. The molecule has 1 amide bonds. The fourth-order valence-electron chi connectivity index (χ4n) is 3.80. The summed E-state index contributed by atoms with van der Waals surface area (Å²) in [5.41, 5.74) is 2.49. The number of aryl methyl sites for hydroxylation is 1. The van der Waals surface area contributed by atoms with Crippen LogP contribution in [0.1, 0.15) is 56.3 Å². The van der Waals surface area contributed by atoms with Crippen LogP contribution in [0.15, 0.2) is 29.0 Å². The molecule has 10 nitrogen and oxygen atoms in total. The van der Waals surface area contributed by atoms with Crippen molar-refractivity contribution in [2.45, 2.75) is 52.4 Å². The molecule has 1 aromatic carbocycles. The van der Waals surface area contributed by atoms with E-state index in [0.717, 1.165) is 67.4 Å². The summed E-state index contributed by atoms with van der Waals surface area (Å²) < 4.78 is 5.47. The standard InChI is InChI=1S/C22H28N8O2/c1-4-6-19-27-20(32-29-19)16-9-11-30(12-10-16)22-24-13-23-21(28-22)26-18-8-5-7-17(14(18)2)25-15(3)31/h5,7-8,13,16H,4,6,9-12H2,1-3H3,(H,25,31)(H,23,24,26,28). The van der Waals surface area contributed by atoms with Crippen molar-refractivity contribution in [1.82, 2.24) is 25.1 Å². The second kappa shape index (κ2) is 9.71. The van der Waals surface area contributed by atoms with Gasteiger partial charge in [-0.1, -0.05) is 18.1 Å². The fourth-order valence-corrected chi connectivity index (χ4v) is 3.80. The van der Waals surface area contributed by atoms with Crippen LogP contribution in [0.25, 0.3) is 0 Å². The van der Waals surface area contributed by atoms with Crippen LogP contribution in [0.2, 0.25) is 0 Å². The molecule has 4 rings (SSSR count). The molecule has 0 atom stereocenters. The minimum atomic E-state index is -0.113. The molecule has 1 fully saturated rings. The normalized spacial score (nSPS) is 14.4. The Labute approximate surface area is 186 Å². The average molecular weight is 437 g/mol. The van der Waals surface area contributed by atoms with E-state index in [2.05, 4.69) is 47.5 Å². The van der Waals surface area contributed by atoms with Crippen LogP contribution in [-0.4, -0.2) is 44.1 Å². The first-order valence-electron chi connectivity index (χ1n) is 10.9. The molecule has 10 heteroatoms. The van der Waals surface area contributed by atoms with E-state index in [1.807, 2.05) is 25.1 Å². The summed E-state index contributed by atoms with van der Waals surface area (Å²) >= 11 is 0. The van der Waals surface area contributed by atoms with Gasteiger partial charge in [0, 0.05) is 43.7 Å². The Morgan fingerprint density at radius 3 is 2.72 bits per heavy atom. The van der Waals surface area contributed by atoms with Gasteiger partial charge in [0.15, 0.2) is 5.82 Å². The number of hydrogen-bond donors (Lipinski definition) is 2. The number of amides is 1. The quantitative estimate of drug-likeness (QED) is 0.572. The first-order chi connectivity index (χ1) is 15.5. The molecule has 2 N–H and O–H groups in total. The van der Waals surface area contributed by atoms with Gasteiger partial charge in [-0.05, 0) is 43.9 Å². The second-order valence-corrected chi connectivity index (χ2v) is 7.95. The lowest BCUT2D eigenvalue weighted by atomic mass is 9.97. The van der Waals surface area contributed by atoms with Crippen molar-refractivity contribution in [2.24, 2.45) is 0 Å². The lowest BCUT2D eigenvalue weighted by Crippen LogP contribution is -2.34. The van der Waals surface area contributed by atoms with E-state index in [0.29, 0.717) is 11.9 Å². The van der Waals surface area contributed by atoms with Crippen LogP contribution in [-0.2, 0) is 11.2 Å². The smallest absolute Gasteiger partial charge is 0.232 e. The van der Waals surface area contributed by atoms with Crippen LogP contribution in [0, 0.1) is 6.92 Å². The number of anilines is 4. The summed E-state index contributed by atoms with van der Waals surface area (Å²) in [5, 5.41) is 10.1. The predicted molar refractivity (Wildman–Crippen MR) is 121 cm³/mol. The number of carbonyl (C=O) groups excluding carboxylic acids is 1. The van der Waals surface area contributed by atoms with Gasteiger partial charge in [-0.2, -0.15) is 9.97 Å². The van der Waals surface area contributed by atoms with E-state index >= 15 is 0 Å². The Bertz CT molecular complexity index is 1080. The van der Waals surface area contributed by atoms with E-state index in [-0.39, 0.29) is 11.8 Å². The lowest BCUT2D eigenvalue weighted by Gasteiger charge is -2.30. The number of piperidine rings is 1. The summed E-state index contributed by atoms with van der Waals surface area (Å²) in [5.74, 6) is 2.77. The van der Waals surface area contributed by atoms with Gasteiger partial charge >= 0.3 is 0 Å².